The Morgan fingerprint density at radius 3 is 2.52 bits per heavy atom. The molecule has 0 aliphatic carbocycles. The third kappa shape index (κ3) is 7.48. The van der Waals surface area contributed by atoms with Gasteiger partial charge in [-0.25, -0.2) is 4.99 Å². The summed E-state index contributed by atoms with van der Waals surface area (Å²) >= 11 is 0. The van der Waals surface area contributed by atoms with Crippen molar-refractivity contribution in [3.8, 4) is 0 Å². The zero-order chi connectivity index (χ0) is 17.2. The van der Waals surface area contributed by atoms with Crippen molar-refractivity contribution >= 4 is 5.96 Å². The van der Waals surface area contributed by atoms with Crippen LogP contribution in [0.25, 0.3) is 0 Å². The van der Waals surface area contributed by atoms with Crippen molar-refractivity contribution in [2.75, 3.05) is 6.54 Å². The number of nitrogens with zero attached hydrogens (tertiary/aromatic N) is 4. The lowest BCUT2D eigenvalue weighted by atomic mass is 10.0. The molecule has 1 unspecified atom stereocenters. The number of aryl methyl sites for hydroxylation is 1. The van der Waals surface area contributed by atoms with E-state index in [-0.39, 0.29) is 0 Å². The molecule has 0 saturated heterocycles. The summed E-state index contributed by atoms with van der Waals surface area (Å²) < 4.78 is 1.98. The maximum Gasteiger partial charge on any atom is 0.191 e. The molecule has 0 aliphatic rings. The second-order valence-electron chi connectivity index (χ2n) is 6.68. The molecule has 0 bridgehead atoms. The molecule has 2 N–H and O–H groups in total. The fourth-order valence-corrected chi connectivity index (χ4v) is 2.16. The molecule has 0 aliphatic heterocycles. The summed E-state index contributed by atoms with van der Waals surface area (Å²) in [5, 5.41) is 15.2. The molecular weight excluding hydrogens is 288 g/mol. The number of nitrogens with one attached hydrogen (secondary N) is 2. The summed E-state index contributed by atoms with van der Waals surface area (Å²) in [6.45, 7) is 12.4. The molecule has 6 heteroatoms. The minimum atomic E-state index is 0.409. The molecule has 1 rings (SSSR count). The molecule has 0 aromatic carbocycles. The smallest absolute Gasteiger partial charge is 0.191 e. The zero-order valence-corrected chi connectivity index (χ0v) is 15.7. The minimum Gasteiger partial charge on any atom is -0.356 e. The quantitative estimate of drug-likeness (QED) is 0.417. The molecule has 0 radical (unpaired) electrons. The Labute approximate surface area is 141 Å². The topological polar surface area (TPSA) is 67.1 Å². The fraction of sp³-hybridized carbons (Fsp3) is 0.824. The summed E-state index contributed by atoms with van der Waals surface area (Å²) in [7, 11) is 1.98. The molecule has 0 fully saturated rings. The predicted octanol–water partition coefficient (Wildman–Crippen LogP) is 2.78. The van der Waals surface area contributed by atoms with Crippen LogP contribution in [0.2, 0.25) is 0 Å². The van der Waals surface area contributed by atoms with Crippen LogP contribution in [-0.4, -0.2) is 33.3 Å². The van der Waals surface area contributed by atoms with Gasteiger partial charge in [0, 0.05) is 19.6 Å². The largest absolute Gasteiger partial charge is 0.356 e. The summed E-state index contributed by atoms with van der Waals surface area (Å²) in [6.07, 6.45) is 4.68. The maximum absolute atomic E-state index is 4.68. The second kappa shape index (κ2) is 10.2. The first kappa shape index (κ1) is 19.5. The third-order valence-corrected chi connectivity index (χ3v) is 3.94. The van der Waals surface area contributed by atoms with E-state index in [2.05, 4.69) is 53.5 Å². The van der Waals surface area contributed by atoms with Crippen LogP contribution in [0.5, 0.6) is 0 Å². The summed E-state index contributed by atoms with van der Waals surface area (Å²) in [5.41, 5.74) is 0. The lowest BCUT2D eigenvalue weighted by Gasteiger charge is -2.19. The number of rotatable bonds is 9. The number of hydrogen-bond donors (Lipinski definition) is 2. The van der Waals surface area contributed by atoms with E-state index >= 15 is 0 Å². The average Bonchev–Trinajstić information content (AvgIpc) is 2.82. The zero-order valence-electron chi connectivity index (χ0n) is 15.7. The summed E-state index contributed by atoms with van der Waals surface area (Å²) in [5.74, 6) is 3.40. The third-order valence-electron chi connectivity index (χ3n) is 3.94. The van der Waals surface area contributed by atoms with E-state index in [4.69, 9.17) is 0 Å². The van der Waals surface area contributed by atoms with Gasteiger partial charge in [-0.1, -0.05) is 27.2 Å². The van der Waals surface area contributed by atoms with Crippen LogP contribution in [0.3, 0.4) is 0 Å². The van der Waals surface area contributed by atoms with Gasteiger partial charge in [0.25, 0.3) is 0 Å². The Balaban J connectivity index is 2.62. The Morgan fingerprint density at radius 1 is 1.22 bits per heavy atom. The van der Waals surface area contributed by atoms with Gasteiger partial charge in [-0.05, 0) is 39.0 Å². The lowest BCUT2D eigenvalue weighted by Crippen LogP contribution is -2.42. The van der Waals surface area contributed by atoms with Crippen molar-refractivity contribution in [3.63, 3.8) is 0 Å². The Hall–Kier alpha value is -1.59. The van der Waals surface area contributed by atoms with Crippen LogP contribution >= 0.6 is 0 Å². The first-order valence-corrected chi connectivity index (χ1v) is 8.83. The van der Waals surface area contributed by atoms with E-state index in [1.165, 1.54) is 12.8 Å². The molecule has 23 heavy (non-hydrogen) atoms. The van der Waals surface area contributed by atoms with Gasteiger partial charge >= 0.3 is 0 Å². The highest BCUT2D eigenvalue weighted by atomic mass is 15.3. The molecule has 6 nitrogen and oxygen atoms in total. The number of guanidine groups is 1. The van der Waals surface area contributed by atoms with Gasteiger partial charge < -0.3 is 15.2 Å². The van der Waals surface area contributed by atoms with E-state index in [9.17, 15) is 0 Å². The van der Waals surface area contributed by atoms with E-state index in [0.717, 1.165) is 42.9 Å². The fourth-order valence-electron chi connectivity index (χ4n) is 2.16. The molecule has 0 saturated carbocycles. The standard InChI is InChI=1S/C17H34N6/c1-7-8-11-18-17(20-14(4)10-9-13(2)3)19-12-16-22-21-15(5)23(16)6/h13-14H,7-12H2,1-6H3,(H2,18,19,20). The Bertz CT molecular complexity index is 477. The van der Waals surface area contributed by atoms with Crippen LogP contribution in [-0.2, 0) is 13.6 Å². The number of aliphatic imine (C=N–C) groups is 1. The monoisotopic (exact) mass is 322 g/mol. The summed E-state index contributed by atoms with van der Waals surface area (Å²) in [6, 6.07) is 0.409. The molecule has 1 heterocycles. The number of aromatic nitrogens is 3. The van der Waals surface area contributed by atoms with E-state index in [1.807, 2.05) is 18.5 Å². The molecule has 0 spiro atoms. The van der Waals surface area contributed by atoms with Gasteiger partial charge in [-0.15, -0.1) is 10.2 Å². The molecule has 1 aromatic heterocycles. The van der Waals surface area contributed by atoms with Gasteiger partial charge in [0.2, 0.25) is 0 Å². The first-order valence-electron chi connectivity index (χ1n) is 8.83. The van der Waals surface area contributed by atoms with Crippen molar-refractivity contribution in [2.24, 2.45) is 18.0 Å². The van der Waals surface area contributed by atoms with Crippen molar-refractivity contribution in [2.45, 2.75) is 72.9 Å². The second-order valence-corrected chi connectivity index (χ2v) is 6.68. The van der Waals surface area contributed by atoms with Crippen molar-refractivity contribution in [1.82, 2.24) is 25.4 Å². The Morgan fingerprint density at radius 2 is 1.96 bits per heavy atom. The van der Waals surface area contributed by atoms with Gasteiger partial charge in [-0.3, -0.25) is 0 Å². The number of unbranched alkanes of at least 4 members (excludes halogenated alkanes) is 1. The molecule has 0 amide bonds. The number of hydrogen-bond acceptors (Lipinski definition) is 3. The van der Waals surface area contributed by atoms with Gasteiger partial charge in [0.1, 0.15) is 12.4 Å². The van der Waals surface area contributed by atoms with Crippen molar-refractivity contribution < 1.29 is 0 Å². The normalized spacial score (nSPS) is 13.4. The van der Waals surface area contributed by atoms with E-state index < -0.39 is 0 Å². The van der Waals surface area contributed by atoms with Crippen LogP contribution in [0.15, 0.2) is 4.99 Å². The first-order chi connectivity index (χ1) is 10.9. The lowest BCUT2D eigenvalue weighted by molar-refractivity contribution is 0.488. The van der Waals surface area contributed by atoms with Crippen LogP contribution < -0.4 is 10.6 Å². The molecule has 1 atom stereocenters. The Kier molecular flexibility index (Phi) is 8.66. The van der Waals surface area contributed by atoms with E-state index in [1.54, 1.807) is 0 Å². The van der Waals surface area contributed by atoms with Crippen molar-refractivity contribution in [1.29, 1.82) is 0 Å². The van der Waals surface area contributed by atoms with Crippen molar-refractivity contribution in [3.05, 3.63) is 11.6 Å². The van der Waals surface area contributed by atoms with Crippen LogP contribution in [0.1, 0.15) is 65.0 Å². The SMILES string of the molecule is CCCCNC(=NCc1nnc(C)n1C)NC(C)CCC(C)C. The molecular formula is C17H34N6. The maximum atomic E-state index is 4.68. The highest BCUT2D eigenvalue weighted by molar-refractivity contribution is 5.80. The highest BCUT2D eigenvalue weighted by Crippen LogP contribution is 2.06. The van der Waals surface area contributed by atoms with Gasteiger partial charge in [0.05, 0.1) is 0 Å². The van der Waals surface area contributed by atoms with E-state index in [0.29, 0.717) is 12.6 Å². The predicted molar refractivity (Wildman–Crippen MR) is 96.5 cm³/mol. The average molecular weight is 323 g/mol. The van der Waals surface area contributed by atoms with Gasteiger partial charge in [-0.2, -0.15) is 0 Å². The highest BCUT2D eigenvalue weighted by Gasteiger charge is 2.08. The summed E-state index contributed by atoms with van der Waals surface area (Å²) in [4.78, 5) is 4.68. The van der Waals surface area contributed by atoms with Crippen LogP contribution in [0.4, 0.5) is 0 Å². The molecule has 132 valence electrons. The van der Waals surface area contributed by atoms with Gasteiger partial charge in [0.15, 0.2) is 11.8 Å². The van der Waals surface area contributed by atoms with Crippen LogP contribution in [0, 0.1) is 12.8 Å². The molecule has 1 aromatic rings. The minimum absolute atomic E-state index is 0.409.